The molecule has 1 aliphatic heterocycles. The number of thiophene rings is 1. The van der Waals surface area contributed by atoms with Crippen LogP contribution in [0.4, 0.5) is 5.69 Å². The number of anilines is 1. The molecule has 0 unspecified atom stereocenters. The molecule has 0 atom stereocenters. The van der Waals surface area contributed by atoms with Crippen molar-refractivity contribution in [1.82, 2.24) is 9.55 Å². The number of likely N-dealkylation sites (N-methyl/N-ethyl adjacent to an activating group) is 1. The summed E-state index contributed by atoms with van der Waals surface area (Å²) in [4.78, 5) is 44.9. The van der Waals surface area contributed by atoms with Gasteiger partial charge in [0.25, 0.3) is 11.5 Å². The Kier molecular flexibility index (Phi) is 5.09. The van der Waals surface area contributed by atoms with Gasteiger partial charge in [0.1, 0.15) is 10.6 Å². The summed E-state index contributed by atoms with van der Waals surface area (Å²) in [6, 6.07) is 11.1. The van der Waals surface area contributed by atoms with Gasteiger partial charge in [-0.1, -0.05) is 23.8 Å². The van der Waals surface area contributed by atoms with Crippen molar-refractivity contribution >= 4 is 38.9 Å². The molecule has 0 bridgehead atoms. The van der Waals surface area contributed by atoms with Gasteiger partial charge < -0.3 is 9.64 Å². The second-order valence-electron chi connectivity index (χ2n) is 8.17. The summed E-state index contributed by atoms with van der Waals surface area (Å²) in [6.07, 6.45) is 1.42. The molecule has 2 aromatic heterocycles. The summed E-state index contributed by atoms with van der Waals surface area (Å²) in [7, 11) is 1.64. The zero-order valence-corrected chi connectivity index (χ0v) is 19.2. The van der Waals surface area contributed by atoms with Gasteiger partial charge >= 0.3 is 0 Å². The molecule has 0 saturated carbocycles. The van der Waals surface area contributed by atoms with Crippen LogP contribution in [0.5, 0.6) is 5.75 Å². The Morgan fingerprint density at radius 3 is 2.73 bits per heavy atom. The fourth-order valence-electron chi connectivity index (χ4n) is 4.09. The van der Waals surface area contributed by atoms with E-state index in [4.69, 9.17) is 4.74 Å². The third-order valence-corrected chi connectivity index (χ3v) is 6.80. The summed E-state index contributed by atoms with van der Waals surface area (Å²) in [6.45, 7) is 3.87. The first-order valence-corrected chi connectivity index (χ1v) is 11.3. The summed E-state index contributed by atoms with van der Waals surface area (Å²) >= 11 is 1.41. The maximum absolute atomic E-state index is 13.4. The summed E-state index contributed by atoms with van der Waals surface area (Å²) in [5.41, 5.74) is 4.72. The zero-order valence-electron chi connectivity index (χ0n) is 18.4. The van der Waals surface area contributed by atoms with E-state index in [1.54, 1.807) is 25.2 Å². The lowest BCUT2D eigenvalue weighted by Gasteiger charge is -2.26. The molecule has 3 heterocycles. The number of hydrogen-bond donors (Lipinski definition) is 0. The van der Waals surface area contributed by atoms with Crippen molar-refractivity contribution in [2.45, 2.75) is 20.4 Å². The third-order valence-electron chi connectivity index (χ3n) is 5.91. The number of fused-ring (bicyclic) bond motifs is 2. The monoisotopic (exact) mass is 459 g/mol. The van der Waals surface area contributed by atoms with Gasteiger partial charge in [-0.2, -0.15) is 0 Å². The van der Waals surface area contributed by atoms with E-state index in [2.05, 4.69) is 11.1 Å². The van der Waals surface area contributed by atoms with Crippen LogP contribution in [0, 0.1) is 13.8 Å². The van der Waals surface area contributed by atoms with Crippen LogP contribution in [0.2, 0.25) is 0 Å². The van der Waals surface area contributed by atoms with Crippen molar-refractivity contribution < 1.29 is 14.3 Å². The van der Waals surface area contributed by atoms with Crippen LogP contribution >= 0.6 is 11.3 Å². The highest BCUT2D eigenvalue weighted by molar-refractivity contribution is 7.17. The molecule has 0 saturated heterocycles. The number of ketones is 1. The van der Waals surface area contributed by atoms with Gasteiger partial charge in [0.2, 0.25) is 0 Å². The Hall–Kier alpha value is -3.78. The van der Waals surface area contributed by atoms with E-state index in [1.165, 1.54) is 27.1 Å². The molecule has 5 rings (SSSR count). The number of hydrogen-bond acceptors (Lipinski definition) is 6. The summed E-state index contributed by atoms with van der Waals surface area (Å²) < 4.78 is 6.77. The van der Waals surface area contributed by atoms with E-state index in [9.17, 15) is 14.4 Å². The van der Waals surface area contributed by atoms with Gasteiger partial charge in [-0.25, -0.2) is 4.98 Å². The fourth-order valence-corrected chi connectivity index (χ4v) is 4.98. The lowest BCUT2D eigenvalue weighted by Crippen LogP contribution is -2.35. The van der Waals surface area contributed by atoms with Gasteiger partial charge in [-0.15, -0.1) is 11.3 Å². The van der Waals surface area contributed by atoms with Crippen LogP contribution in [-0.4, -0.2) is 34.9 Å². The van der Waals surface area contributed by atoms with E-state index in [-0.39, 0.29) is 30.4 Å². The number of rotatable bonds is 4. The van der Waals surface area contributed by atoms with Crippen molar-refractivity contribution in [3.05, 3.63) is 75.1 Å². The van der Waals surface area contributed by atoms with E-state index in [0.717, 1.165) is 22.3 Å². The lowest BCUT2D eigenvalue weighted by molar-refractivity contribution is -0.120. The molecular formula is C25H21N3O4S. The Morgan fingerprint density at radius 2 is 1.94 bits per heavy atom. The maximum atomic E-state index is 13.4. The van der Waals surface area contributed by atoms with Crippen molar-refractivity contribution in [2.24, 2.45) is 0 Å². The van der Waals surface area contributed by atoms with Crippen molar-refractivity contribution in [1.29, 1.82) is 0 Å². The van der Waals surface area contributed by atoms with E-state index < -0.39 is 0 Å². The van der Waals surface area contributed by atoms with Gasteiger partial charge in [0.05, 0.1) is 23.9 Å². The molecule has 7 nitrogen and oxygen atoms in total. The molecule has 1 amide bonds. The van der Waals surface area contributed by atoms with Crippen LogP contribution in [0.25, 0.3) is 21.3 Å². The standard InChI is InChI=1S/C25H21N3O4S/c1-14-4-6-17(15(2)8-14)18-12-33-24-23(18)25(31)28(13-26-24)10-20(29)16-5-7-21-19(9-16)27(3)22(30)11-32-21/h4-9,12-13H,10-11H2,1-3H3. The highest BCUT2D eigenvalue weighted by Crippen LogP contribution is 2.34. The zero-order chi connectivity index (χ0) is 23.3. The average molecular weight is 460 g/mol. The molecule has 166 valence electrons. The molecule has 1 aliphatic rings. The van der Waals surface area contributed by atoms with Crippen LogP contribution in [-0.2, 0) is 11.3 Å². The highest BCUT2D eigenvalue weighted by Gasteiger charge is 2.24. The number of aryl methyl sites for hydroxylation is 2. The second-order valence-corrected chi connectivity index (χ2v) is 9.03. The van der Waals surface area contributed by atoms with E-state index in [1.807, 2.05) is 31.4 Å². The molecule has 0 fully saturated rings. The van der Waals surface area contributed by atoms with Crippen molar-refractivity contribution in [3.8, 4) is 16.9 Å². The third kappa shape index (κ3) is 3.62. The van der Waals surface area contributed by atoms with Gasteiger partial charge in [0.15, 0.2) is 12.4 Å². The Balaban J connectivity index is 1.51. The van der Waals surface area contributed by atoms with Crippen LogP contribution < -0.4 is 15.2 Å². The minimum atomic E-state index is -0.254. The normalized spacial score (nSPS) is 13.2. The summed E-state index contributed by atoms with van der Waals surface area (Å²) in [5, 5.41) is 2.46. The summed E-state index contributed by atoms with van der Waals surface area (Å²) in [5.74, 6) is 0.107. The van der Waals surface area contributed by atoms with Gasteiger partial charge in [-0.3, -0.25) is 19.0 Å². The fraction of sp³-hybridized carbons (Fsp3) is 0.200. The number of carbonyl (C=O) groups excluding carboxylic acids is 2. The SMILES string of the molecule is Cc1ccc(-c2csc3ncn(CC(=O)c4ccc5c(c4)N(C)C(=O)CO5)c(=O)c23)c(C)c1. The molecular weight excluding hydrogens is 438 g/mol. The molecule has 8 heteroatoms. The first-order valence-electron chi connectivity index (χ1n) is 10.4. The number of carbonyl (C=O) groups is 2. The first kappa shape index (κ1) is 21.1. The predicted molar refractivity (Wildman–Crippen MR) is 128 cm³/mol. The topological polar surface area (TPSA) is 81.5 Å². The quantitative estimate of drug-likeness (QED) is 0.431. The Bertz CT molecular complexity index is 1500. The molecule has 0 radical (unpaired) electrons. The van der Waals surface area contributed by atoms with Crippen LogP contribution in [0.15, 0.2) is 52.9 Å². The number of aromatic nitrogens is 2. The van der Waals surface area contributed by atoms with E-state index in [0.29, 0.717) is 27.2 Å². The molecule has 0 N–H and O–H groups in total. The Labute approximate surface area is 193 Å². The number of ether oxygens (including phenoxy) is 1. The second kappa shape index (κ2) is 7.97. The minimum Gasteiger partial charge on any atom is -0.482 e. The van der Waals surface area contributed by atoms with Gasteiger partial charge in [-0.05, 0) is 43.2 Å². The van der Waals surface area contributed by atoms with Crippen molar-refractivity contribution in [2.75, 3.05) is 18.6 Å². The van der Waals surface area contributed by atoms with Crippen LogP contribution in [0.3, 0.4) is 0 Å². The largest absolute Gasteiger partial charge is 0.482 e. The molecule has 33 heavy (non-hydrogen) atoms. The molecule has 4 aromatic rings. The number of Topliss-reactive ketones (excluding diaryl/α,β-unsaturated/α-hetero) is 1. The van der Waals surface area contributed by atoms with Crippen molar-refractivity contribution in [3.63, 3.8) is 0 Å². The smallest absolute Gasteiger partial charge is 0.264 e. The van der Waals surface area contributed by atoms with Crippen LogP contribution in [0.1, 0.15) is 21.5 Å². The molecule has 2 aromatic carbocycles. The molecule has 0 spiro atoms. The van der Waals surface area contributed by atoms with E-state index >= 15 is 0 Å². The highest BCUT2D eigenvalue weighted by atomic mass is 32.1. The molecule has 0 aliphatic carbocycles. The van der Waals surface area contributed by atoms with Gasteiger partial charge in [0, 0.05) is 23.6 Å². The number of nitrogens with zero attached hydrogens (tertiary/aromatic N) is 3. The first-order chi connectivity index (χ1) is 15.8. The number of benzene rings is 2. The minimum absolute atomic E-state index is 0.0265. The lowest BCUT2D eigenvalue weighted by atomic mass is 9.99. The maximum Gasteiger partial charge on any atom is 0.264 e. The average Bonchev–Trinajstić information content (AvgIpc) is 3.22. The number of amides is 1. The predicted octanol–water partition coefficient (Wildman–Crippen LogP) is 3.98. The Morgan fingerprint density at radius 1 is 1.12 bits per heavy atom.